The number of methoxy groups -OCH3 is 1. The zero-order valence-corrected chi connectivity index (χ0v) is 12.9. The van der Waals surface area contributed by atoms with Crippen LogP contribution in [0.5, 0.6) is 5.75 Å². The first-order valence-electron chi connectivity index (χ1n) is 7.54. The van der Waals surface area contributed by atoms with Crippen molar-refractivity contribution in [3.63, 3.8) is 0 Å². The van der Waals surface area contributed by atoms with Crippen LogP contribution < -0.4 is 4.74 Å². The molecule has 0 spiro atoms. The van der Waals surface area contributed by atoms with Crippen molar-refractivity contribution in [2.45, 2.75) is 12.5 Å². The molecule has 0 unspecified atom stereocenters. The van der Waals surface area contributed by atoms with E-state index < -0.39 is 6.10 Å². The van der Waals surface area contributed by atoms with Crippen molar-refractivity contribution >= 4 is 16.7 Å². The molecule has 0 saturated heterocycles. The van der Waals surface area contributed by atoms with Crippen LogP contribution in [0.4, 0.5) is 0 Å². The Bertz CT molecular complexity index is 791. The van der Waals surface area contributed by atoms with Crippen LogP contribution in [-0.4, -0.2) is 19.2 Å². The SMILES string of the molecule is COC(=O)[C@H](Cc1ccccc1)Oc1cccc2ccccc12. The first-order chi connectivity index (χ1) is 11.3. The smallest absolute Gasteiger partial charge is 0.347 e. The monoisotopic (exact) mass is 306 g/mol. The van der Waals surface area contributed by atoms with Gasteiger partial charge in [0.2, 0.25) is 0 Å². The molecule has 3 nitrogen and oxygen atoms in total. The number of ether oxygens (including phenoxy) is 2. The van der Waals surface area contributed by atoms with Gasteiger partial charge in [0.05, 0.1) is 7.11 Å². The van der Waals surface area contributed by atoms with Crippen LogP contribution >= 0.6 is 0 Å². The van der Waals surface area contributed by atoms with Gasteiger partial charge in [0, 0.05) is 11.8 Å². The molecule has 0 aromatic heterocycles. The van der Waals surface area contributed by atoms with Gasteiger partial charge in [-0.1, -0.05) is 66.7 Å². The Balaban J connectivity index is 1.90. The third-order valence-corrected chi connectivity index (χ3v) is 3.75. The minimum Gasteiger partial charge on any atom is -0.478 e. The maximum Gasteiger partial charge on any atom is 0.347 e. The van der Waals surface area contributed by atoms with Gasteiger partial charge in [0.15, 0.2) is 6.10 Å². The Morgan fingerprint density at radius 3 is 2.39 bits per heavy atom. The fourth-order valence-corrected chi connectivity index (χ4v) is 2.58. The molecule has 0 bridgehead atoms. The molecule has 0 fully saturated rings. The van der Waals surface area contributed by atoms with Crippen LogP contribution in [0.3, 0.4) is 0 Å². The van der Waals surface area contributed by atoms with Crippen LogP contribution in [0, 0.1) is 0 Å². The number of esters is 1. The lowest BCUT2D eigenvalue weighted by molar-refractivity contribution is -0.148. The summed E-state index contributed by atoms with van der Waals surface area (Å²) in [6, 6.07) is 23.6. The van der Waals surface area contributed by atoms with Crippen LogP contribution in [0.2, 0.25) is 0 Å². The number of carbonyl (C=O) groups is 1. The lowest BCUT2D eigenvalue weighted by Gasteiger charge is -2.18. The van der Waals surface area contributed by atoms with E-state index >= 15 is 0 Å². The van der Waals surface area contributed by atoms with Gasteiger partial charge in [-0.2, -0.15) is 0 Å². The molecular formula is C20H18O3. The minimum atomic E-state index is -0.673. The average molecular weight is 306 g/mol. The van der Waals surface area contributed by atoms with Crippen molar-refractivity contribution in [1.82, 2.24) is 0 Å². The number of carbonyl (C=O) groups excluding carboxylic acids is 1. The van der Waals surface area contributed by atoms with E-state index in [2.05, 4.69) is 0 Å². The highest BCUT2D eigenvalue weighted by atomic mass is 16.6. The standard InChI is InChI=1S/C20H18O3/c1-22-20(21)19(14-15-8-3-2-4-9-15)23-18-13-7-11-16-10-5-6-12-17(16)18/h2-13,19H,14H2,1H3/t19-/m0/s1. The Morgan fingerprint density at radius 2 is 1.61 bits per heavy atom. The number of hydrogen-bond acceptors (Lipinski definition) is 3. The van der Waals surface area contributed by atoms with Crippen LogP contribution in [0.25, 0.3) is 10.8 Å². The number of hydrogen-bond donors (Lipinski definition) is 0. The van der Waals surface area contributed by atoms with Gasteiger partial charge in [-0.3, -0.25) is 0 Å². The van der Waals surface area contributed by atoms with Gasteiger partial charge in [0.25, 0.3) is 0 Å². The molecular weight excluding hydrogens is 288 g/mol. The first-order valence-corrected chi connectivity index (χ1v) is 7.54. The van der Waals surface area contributed by atoms with E-state index in [-0.39, 0.29) is 5.97 Å². The third-order valence-electron chi connectivity index (χ3n) is 3.75. The predicted octanol–water partition coefficient (Wildman–Crippen LogP) is 4.00. The summed E-state index contributed by atoms with van der Waals surface area (Å²) in [5.41, 5.74) is 1.03. The Hall–Kier alpha value is -2.81. The minimum absolute atomic E-state index is 0.373. The summed E-state index contributed by atoms with van der Waals surface area (Å²) in [5.74, 6) is 0.316. The summed E-state index contributed by atoms with van der Waals surface area (Å²) < 4.78 is 10.9. The van der Waals surface area contributed by atoms with Crippen LogP contribution in [0.15, 0.2) is 72.8 Å². The second kappa shape index (κ2) is 6.97. The van der Waals surface area contributed by atoms with E-state index in [1.807, 2.05) is 72.8 Å². The molecule has 3 rings (SSSR count). The Labute approximate surface area is 135 Å². The molecule has 0 amide bonds. The molecule has 0 aliphatic carbocycles. The van der Waals surface area contributed by atoms with E-state index in [9.17, 15) is 4.79 Å². The molecule has 1 atom stereocenters. The largest absolute Gasteiger partial charge is 0.478 e. The number of benzene rings is 3. The topological polar surface area (TPSA) is 35.5 Å². The molecule has 0 heterocycles. The van der Waals surface area contributed by atoms with Crippen molar-refractivity contribution in [1.29, 1.82) is 0 Å². The predicted molar refractivity (Wildman–Crippen MR) is 90.5 cm³/mol. The fraction of sp³-hybridized carbons (Fsp3) is 0.150. The van der Waals surface area contributed by atoms with Crippen molar-refractivity contribution in [2.75, 3.05) is 7.11 Å². The zero-order valence-electron chi connectivity index (χ0n) is 12.9. The van der Waals surface area contributed by atoms with E-state index in [4.69, 9.17) is 9.47 Å². The summed E-state index contributed by atoms with van der Waals surface area (Å²) in [7, 11) is 1.38. The summed E-state index contributed by atoms with van der Waals surface area (Å²) >= 11 is 0. The second-order valence-electron chi connectivity index (χ2n) is 5.30. The third kappa shape index (κ3) is 3.51. The summed E-state index contributed by atoms with van der Waals surface area (Å²) in [4.78, 5) is 12.1. The van der Waals surface area contributed by atoms with E-state index in [0.29, 0.717) is 12.2 Å². The Kier molecular flexibility index (Phi) is 4.57. The van der Waals surface area contributed by atoms with E-state index in [0.717, 1.165) is 16.3 Å². The first kappa shape index (κ1) is 15.1. The van der Waals surface area contributed by atoms with Gasteiger partial charge < -0.3 is 9.47 Å². The lowest BCUT2D eigenvalue weighted by Crippen LogP contribution is -2.31. The van der Waals surface area contributed by atoms with Crippen molar-refractivity contribution in [3.05, 3.63) is 78.4 Å². The van der Waals surface area contributed by atoms with E-state index in [1.54, 1.807) is 0 Å². The molecule has 23 heavy (non-hydrogen) atoms. The van der Waals surface area contributed by atoms with Crippen LogP contribution in [-0.2, 0) is 16.0 Å². The molecule has 3 aromatic carbocycles. The van der Waals surface area contributed by atoms with Crippen LogP contribution in [0.1, 0.15) is 5.56 Å². The van der Waals surface area contributed by atoms with Gasteiger partial charge >= 0.3 is 5.97 Å². The molecule has 0 aliphatic heterocycles. The number of rotatable bonds is 5. The average Bonchev–Trinajstić information content (AvgIpc) is 2.61. The summed E-state index contributed by atoms with van der Waals surface area (Å²) in [6.07, 6.45) is -0.204. The summed E-state index contributed by atoms with van der Waals surface area (Å²) in [5, 5.41) is 2.06. The normalized spacial score (nSPS) is 11.9. The maximum absolute atomic E-state index is 12.1. The highest BCUT2D eigenvalue weighted by Crippen LogP contribution is 2.26. The van der Waals surface area contributed by atoms with E-state index in [1.165, 1.54) is 7.11 Å². The zero-order chi connectivity index (χ0) is 16.1. The molecule has 0 radical (unpaired) electrons. The lowest BCUT2D eigenvalue weighted by atomic mass is 10.1. The molecule has 3 heteroatoms. The second-order valence-corrected chi connectivity index (χ2v) is 5.30. The highest BCUT2D eigenvalue weighted by molar-refractivity contribution is 5.88. The van der Waals surface area contributed by atoms with Crippen molar-refractivity contribution in [2.24, 2.45) is 0 Å². The Morgan fingerprint density at radius 1 is 0.913 bits per heavy atom. The summed E-state index contributed by atoms with van der Waals surface area (Å²) in [6.45, 7) is 0. The molecule has 3 aromatic rings. The van der Waals surface area contributed by atoms with Crippen molar-refractivity contribution < 1.29 is 14.3 Å². The molecule has 0 N–H and O–H groups in total. The van der Waals surface area contributed by atoms with Gasteiger partial charge in [-0.15, -0.1) is 0 Å². The quantitative estimate of drug-likeness (QED) is 0.668. The highest BCUT2D eigenvalue weighted by Gasteiger charge is 2.22. The van der Waals surface area contributed by atoms with Crippen molar-refractivity contribution in [3.8, 4) is 5.75 Å². The number of fused-ring (bicyclic) bond motifs is 1. The van der Waals surface area contributed by atoms with Gasteiger partial charge in [-0.05, 0) is 17.0 Å². The maximum atomic E-state index is 12.1. The molecule has 116 valence electrons. The van der Waals surface area contributed by atoms with Gasteiger partial charge in [0.1, 0.15) is 5.75 Å². The fourth-order valence-electron chi connectivity index (χ4n) is 2.58. The van der Waals surface area contributed by atoms with Gasteiger partial charge in [-0.25, -0.2) is 4.79 Å². The molecule has 0 aliphatic rings. The molecule has 0 saturated carbocycles.